The van der Waals surface area contributed by atoms with Gasteiger partial charge in [0.05, 0.1) is 13.2 Å². The van der Waals surface area contributed by atoms with Gasteiger partial charge in [-0.1, -0.05) is 103 Å². The van der Waals surface area contributed by atoms with Gasteiger partial charge in [-0.25, -0.2) is 0 Å². The van der Waals surface area contributed by atoms with Crippen LogP contribution in [-0.2, 0) is 0 Å². The first kappa shape index (κ1) is 24.8. The molecular formula is C22H45ClN2. The number of nitrogens with one attached hydrogen (secondary N) is 1. The minimum absolute atomic E-state index is 0. The summed E-state index contributed by atoms with van der Waals surface area (Å²) < 4.78 is 0. The van der Waals surface area contributed by atoms with E-state index in [-0.39, 0.29) is 12.4 Å². The second-order valence-electron chi connectivity index (χ2n) is 7.94. The minimum Gasteiger partial charge on any atom is -1.00 e. The Morgan fingerprint density at radius 1 is 0.680 bits per heavy atom. The highest BCUT2D eigenvalue weighted by Gasteiger charge is 2.11. The van der Waals surface area contributed by atoms with Crippen LogP contribution in [0.15, 0.2) is 12.4 Å². The molecule has 1 aliphatic heterocycles. The second-order valence-corrected chi connectivity index (χ2v) is 7.94. The fourth-order valence-electron chi connectivity index (χ4n) is 3.67. The number of hydrogen-bond acceptors (Lipinski definition) is 1. The fraction of sp³-hybridized carbons (Fsp3) is 0.909. The Labute approximate surface area is 164 Å². The lowest BCUT2D eigenvalue weighted by molar-refractivity contribution is -0.826. The van der Waals surface area contributed by atoms with Crippen LogP contribution in [0, 0.1) is 0 Å². The Kier molecular flexibility index (Phi) is 18.4. The van der Waals surface area contributed by atoms with E-state index in [2.05, 4.69) is 31.3 Å². The van der Waals surface area contributed by atoms with E-state index in [1.165, 1.54) is 121 Å². The standard InChI is InChI=1S/C22H44N2.ClH/c1-3-4-5-6-7-8-9-10-11-12-13-14-15-16-17-18-19-24-21-20-23(2)22-24;/h20-21H,3-19,22H2,1-2H3;1H. The molecular weight excluding hydrogens is 328 g/mol. The van der Waals surface area contributed by atoms with Gasteiger partial charge in [0.2, 0.25) is 0 Å². The van der Waals surface area contributed by atoms with Crippen molar-refractivity contribution in [2.75, 3.05) is 20.3 Å². The Morgan fingerprint density at radius 3 is 1.44 bits per heavy atom. The van der Waals surface area contributed by atoms with Crippen LogP contribution in [-0.4, -0.2) is 25.2 Å². The smallest absolute Gasteiger partial charge is 0.156 e. The molecule has 0 aliphatic carbocycles. The zero-order valence-corrected chi connectivity index (χ0v) is 18.0. The quantitative estimate of drug-likeness (QED) is 0.385. The van der Waals surface area contributed by atoms with Crippen LogP contribution in [0.3, 0.4) is 0 Å². The number of halogens is 1. The van der Waals surface area contributed by atoms with Crippen molar-refractivity contribution >= 4 is 0 Å². The molecule has 25 heavy (non-hydrogen) atoms. The van der Waals surface area contributed by atoms with Gasteiger partial charge >= 0.3 is 0 Å². The summed E-state index contributed by atoms with van der Waals surface area (Å²) >= 11 is 0. The van der Waals surface area contributed by atoms with Gasteiger partial charge in [0.1, 0.15) is 6.20 Å². The summed E-state index contributed by atoms with van der Waals surface area (Å²) in [5.41, 5.74) is 0. The van der Waals surface area contributed by atoms with Gasteiger partial charge in [0, 0.05) is 6.54 Å². The third-order valence-corrected chi connectivity index (χ3v) is 5.32. The highest BCUT2D eigenvalue weighted by molar-refractivity contribution is 4.77. The van der Waals surface area contributed by atoms with E-state index in [1.54, 1.807) is 0 Å². The second kappa shape index (κ2) is 18.6. The number of hydrogen-bond donors (Lipinski definition) is 1. The average Bonchev–Trinajstić information content (AvgIpc) is 3.00. The third-order valence-electron chi connectivity index (χ3n) is 5.32. The molecule has 0 bridgehead atoms. The van der Waals surface area contributed by atoms with Gasteiger partial charge in [-0.2, -0.15) is 0 Å². The fourth-order valence-corrected chi connectivity index (χ4v) is 3.67. The van der Waals surface area contributed by atoms with Gasteiger partial charge in [-0.15, -0.1) is 0 Å². The maximum Gasteiger partial charge on any atom is 0.156 e. The summed E-state index contributed by atoms with van der Waals surface area (Å²) in [6.45, 7) is 4.72. The van der Waals surface area contributed by atoms with Crippen molar-refractivity contribution < 1.29 is 17.3 Å². The maximum absolute atomic E-state index is 2.46. The highest BCUT2D eigenvalue weighted by atomic mass is 35.5. The summed E-state index contributed by atoms with van der Waals surface area (Å²) in [6.07, 6.45) is 27.8. The summed E-state index contributed by atoms with van der Waals surface area (Å²) in [7, 11) is 2.23. The Hall–Kier alpha value is -0.210. The van der Waals surface area contributed by atoms with Crippen LogP contribution in [0.2, 0.25) is 0 Å². The molecule has 0 spiro atoms. The molecule has 0 saturated heterocycles. The predicted molar refractivity (Wildman–Crippen MR) is 107 cm³/mol. The normalized spacial score (nSPS) is 16.4. The molecule has 0 saturated carbocycles. The van der Waals surface area contributed by atoms with Crippen LogP contribution in [0.1, 0.15) is 110 Å². The Bertz CT molecular complexity index is 294. The van der Waals surface area contributed by atoms with Crippen molar-refractivity contribution in [3.63, 3.8) is 0 Å². The van der Waals surface area contributed by atoms with Crippen LogP contribution >= 0.6 is 0 Å². The van der Waals surface area contributed by atoms with Crippen LogP contribution < -0.4 is 17.3 Å². The molecule has 0 radical (unpaired) electrons. The molecule has 150 valence electrons. The van der Waals surface area contributed by atoms with Crippen LogP contribution in [0.5, 0.6) is 0 Å². The van der Waals surface area contributed by atoms with Crippen molar-refractivity contribution in [2.45, 2.75) is 110 Å². The number of unbranched alkanes of at least 4 members (excludes halogenated alkanes) is 15. The number of rotatable bonds is 17. The molecule has 1 unspecified atom stereocenters. The minimum atomic E-state index is 0. The van der Waals surface area contributed by atoms with Crippen molar-refractivity contribution in [1.29, 1.82) is 0 Å². The maximum atomic E-state index is 2.46. The number of quaternary nitrogens is 1. The van der Waals surface area contributed by atoms with E-state index >= 15 is 0 Å². The summed E-state index contributed by atoms with van der Waals surface area (Å²) in [5, 5.41) is 0. The van der Waals surface area contributed by atoms with Gasteiger partial charge in [-0.05, 0) is 6.42 Å². The largest absolute Gasteiger partial charge is 1.00 e. The summed E-state index contributed by atoms with van der Waals surface area (Å²) in [4.78, 5) is 3.96. The summed E-state index contributed by atoms with van der Waals surface area (Å²) in [5.74, 6) is 0. The number of nitrogens with zero attached hydrogens (tertiary/aromatic N) is 1. The average molecular weight is 373 g/mol. The predicted octanol–water partition coefficient (Wildman–Crippen LogP) is 2.51. The lowest BCUT2D eigenvalue weighted by Crippen LogP contribution is -3.03. The molecule has 0 amide bonds. The first-order valence-electron chi connectivity index (χ1n) is 11.1. The van der Waals surface area contributed by atoms with Gasteiger partial charge in [0.25, 0.3) is 0 Å². The Balaban J connectivity index is 0.00000576. The Morgan fingerprint density at radius 2 is 1.08 bits per heavy atom. The highest BCUT2D eigenvalue weighted by Crippen LogP contribution is 2.13. The van der Waals surface area contributed by atoms with Crippen molar-refractivity contribution in [1.82, 2.24) is 4.90 Å². The lowest BCUT2D eigenvalue weighted by Gasteiger charge is -2.14. The molecule has 2 nitrogen and oxygen atoms in total. The summed E-state index contributed by atoms with van der Waals surface area (Å²) in [6, 6.07) is 0. The zero-order valence-electron chi connectivity index (χ0n) is 17.2. The van der Waals surface area contributed by atoms with E-state index < -0.39 is 0 Å². The van der Waals surface area contributed by atoms with E-state index in [4.69, 9.17) is 0 Å². The molecule has 1 atom stereocenters. The molecule has 0 fully saturated rings. The molecule has 1 aliphatic rings. The molecule has 0 aromatic heterocycles. The van der Waals surface area contributed by atoms with Crippen molar-refractivity contribution in [2.24, 2.45) is 0 Å². The first-order chi connectivity index (χ1) is 11.8. The zero-order chi connectivity index (χ0) is 17.3. The van der Waals surface area contributed by atoms with E-state index in [0.29, 0.717) is 0 Å². The van der Waals surface area contributed by atoms with Crippen molar-refractivity contribution in [3.05, 3.63) is 12.4 Å². The van der Waals surface area contributed by atoms with E-state index in [1.807, 2.05) is 0 Å². The van der Waals surface area contributed by atoms with Crippen LogP contribution in [0.25, 0.3) is 0 Å². The van der Waals surface area contributed by atoms with E-state index in [9.17, 15) is 0 Å². The third kappa shape index (κ3) is 15.7. The van der Waals surface area contributed by atoms with Gasteiger partial charge in [-0.3, -0.25) is 4.90 Å². The van der Waals surface area contributed by atoms with Gasteiger partial charge < -0.3 is 17.3 Å². The molecule has 0 aromatic rings. The molecule has 1 N–H and O–H groups in total. The molecule has 0 aromatic carbocycles. The monoisotopic (exact) mass is 372 g/mol. The lowest BCUT2D eigenvalue weighted by atomic mass is 10.0. The topological polar surface area (TPSA) is 7.68 Å². The first-order valence-corrected chi connectivity index (χ1v) is 11.1. The molecule has 1 rings (SSSR count). The van der Waals surface area contributed by atoms with Crippen molar-refractivity contribution in [3.8, 4) is 0 Å². The van der Waals surface area contributed by atoms with E-state index in [0.717, 1.165) is 0 Å². The SMILES string of the molecule is CCCCCCCCCCCCCCCCCCN1C=C[NH+](C)C1.[Cl-]. The molecule has 3 heteroatoms. The van der Waals surface area contributed by atoms with Gasteiger partial charge in [0.15, 0.2) is 6.67 Å². The van der Waals surface area contributed by atoms with Crippen LogP contribution in [0.4, 0.5) is 0 Å². The molecule has 1 heterocycles.